The van der Waals surface area contributed by atoms with Gasteiger partial charge in [-0.15, -0.1) is 0 Å². The molecule has 2 heterocycles. The molecule has 0 bridgehead atoms. The van der Waals surface area contributed by atoms with E-state index in [9.17, 15) is 4.79 Å². The van der Waals surface area contributed by atoms with Crippen molar-refractivity contribution in [1.82, 2.24) is 14.9 Å². The fraction of sp³-hybridized carbons (Fsp3) is 0.667. The van der Waals surface area contributed by atoms with E-state index in [0.29, 0.717) is 6.04 Å². The van der Waals surface area contributed by atoms with Gasteiger partial charge in [-0.25, -0.2) is 4.98 Å². The maximum atomic E-state index is 11.9. The molecule has 0 aromatic carbocycles. The van der Waals surface area contributed by atoms with Gasteiger partial charge in [0.05, 0.1) is 5.25 Å². The highest BCUT2D eigenvalue weighted by Crippen LogP contribution is 2.39. The molecule has 1 aliphatic heterocycles. The first-order valence-corrected chi connectivity index (χ1v) is 7.20. The number of thioether (sulfide) groups is 1. The Bertz CT molecular complexity index is 414. The van der Waals surface area contributed by atoms with E-state index in [-0.39, 0.29) is 11.2 Å². The van der Waals surface area contributed by atoms with E-state index < -0.39 is 0 Å². The SMILES string of the molecule is O=C1NCCCCC1Sc1nccn1C1CC1. The molecule has 1 unspecified atom stereocenters. The van der Waals surface area contributed by atoms with E-state index in [1.54, 1.807) is 11.8 Å². The van der Waals surface area contributed by atoms with Crippen LogP contribution >= 0.6 is 11.8 Å². The molecular weight excluding hydrogens is 234 g/mol. The van der Waals surface area contributed by atoms with Gasteiger partial charge < -0.3 is 9.88 Å². The van der Waals surface area contributed by atoms with Gasteiger partial charge >= 0.3 is 0 Å². The third kappa shape index (κ3) is 2.49. The predicted molar refractivity (Wildman–Crippen MR) is 67.0 cm³/mol. The Hall–Kier alpha value is -0.970. The maximum Gasteiger partial charge on any atom is 0.233 e. The number of carbonyl (C=O) groups is 1. The lowest BCUT2D eigenvalue weighted by molar-refractivity contribution is -0.120. The Labute approximate surface area is 105 Å². The van der Waals surface area contributed by atoms with Crippen LogP contribution in [0.5, 0.6) is 0 Å². The van der Waals surface area contributed by atoms with Crippen LogP contribution in [0.25, 0.3) is 0 Å². The monoisotopic (exact) mass is 251 g/mol. The van der Waals surface area contributed by atoms with Crippen molar-refractivity contribution in [2.24, 2.45) is 0 Å². The summed E-state index contributed by atoms with van der Waals surface area (Å²) in [6.45, 7) is 0.826. The average Bonchev–Trinajstić information content (AvgIpc) is 3.09. The molecule has 1 atom stereocenters. The number of imidazole rings is 1. The minimum atomic E-state index is 0.0393. The summed E-state index contributed by atoms with van der Waals surface area (Å²) < 4.78 is 2.23. The third-order valence-electron chi connectivity index (χ3n) is 3.31. The Morgan fingerprint density at radius 3 is 3.06 bits per heavy atom. The fourth-order valence-corrected chi connectivity index (χ4v) is 3.35. The lowest BCUT2D eigenvalue weighted by Gasteiger charge is -2.13. The molecular formula is C12H17N3OS. The Morgan fingerprint density at radius 1 is 1.35 bits per heavy atom. The van der Waals surface area contributed by atoms with Crippen molar-refractivity contribution >= 4 is 17.7 Å². The molecule has 0 spiro atoms. The quantitative estimate of drug-likeness (QED) is 0.893. The van der Waals surface area contributed by atoms with E-state index in [4.69, 9.17) is 0 Å². The van der Waals surface area contributed by atoms with Gasteiger partial charge in [-0.05, 0) is 25.7 Å². The second kappa shape index (κ2) is 4.72. The van der Waals surface area contributed by atoms with Gasteiger partial charge in [0, 0.05) is 25.0 Å². The molecule has 1 saturated heterocycles. The molecule has 1 saturated carbocycles. The molecule has 0 radical (unpaired) electrons. The highest BCUT2D eigenvalue weighted by Gasteiger charge is 2.28. The highest BCUT2D eigenvalue weighted by atomic mass is 32.2. The first-order valence-electron chi connectivity index (χ1n) is 6.32. The van der Waals surface area contributed by atoms with Gasteiger partial charge in [0.1, 0.15) is 0 Å². The van der Waals surface area contributed by atoms with Crippen LogP contribution < -0.4 is 5.32 Å². The fourth-order valence-electron chi connectivity index (χ4n) is 2.17. The molecule has 1 aliphatic carbocycles. The van der Waals surface area contributed by atoms with E-state index in [0.717, 1.165) is 31.0 Å². The first kappa shape index (κ1) is 11.1. The van der Waals surface area contributed by atoms with Crippen LogP contribution in [0.15, 0.2) is 17.6 Å². The van der Waals surface area contributed by atoms with Crippen molar-refractivity contribution < 1.29 is 4.79 Å². The van der Waals surface area contributed by atoms with Crippen molar-refractivity contribution in [3.8, 4) is 0 Å². The Balaban J connectivity index is 1.71. The maximum absolute atomic E-state index is 11.9. The van der Waals surface area contributed by atoms with Crippen LogP contribution in [0, 0.1) is 0 Å². The Morgan fingerprint density at radius 2 is 2.24 bits per heavy atom. The first-order chi connectivity index (χ1) is 8.34. The lowest BCUT2D eigenvalue weighted by Crippen LogP contribution is -2.30. The number of hydrogen-bond donors (Lipinski definition) is 1. The van der Waals surface area contributed by atoms with Crippen LogP contribution in [-0.4, -0.2) is 27.3 Å². The van der Waals surface area contributed by atoms with Gasteiger partial charge in [-0.1, -0.05) is 18.2 Å². The van der Waals surface area contributed by atoms with Crippen molar-refractivity contribution in [2.75, 3.05) is 6.54 Å². The van der Waals surface area contributed by atoms with Crippen LogP contribution in [0.2, 0.25) is 0 Å². The summed E-state index contributed by atoms with van der Waals surface area (Å²) in [5, 5.41) is 4.02. The number of nitrogens with zero attached hydrogens (tertiary/aromatic N) is 2. The summed E-state index contributed by atoms with van der Waals surface area (Å²) in [6.07, 6.45) is 9.57. The van der Waals surface area contributed by atoms with Gasteiger partial charge in [-0.2, -0.15) is 0 Å². The summed E-state index contributed by atoms with van der Waals surface area (Å²) in [5.74, 6) is 0.179. The molecule has 3 rings (SSSR count). The largest absolute Gasteiger partial charge is 0.355 e. The molecule has 1 aromatic heterocycles. The third-order valence-corrected chi connectivity index (χ3v) is 4.57. The smallest absolute Gasteiger partial charge is 0.233 e. The average molecular weight is 251 g/mol. The number of carbonyl (C=O) groups excluding carboxylic acids is 1. The summed E-state index contributed by atoms with van der Waals surface area (Å²) in [5.41, 5.74) is 0. The van der Waals surface area contributed by atoms with Gasteiger partial charge in [-0.3, -0.25) is 4.79 Å². The van der Waals surface area contributed by atoms with E-state index in [1.165, 1.54) is 12.8 Å². The molecule has 1 aromatic rings. The van der Waals surface area contributed by atoms with Crippen LogP contribution in [0.4, 0.5) is 0 Å². The second-order valence-corrected chi connectivity index (χ2v) is 5.91. The van der Waals surface area contributed by atoms with Gasteiger partial charge in [0.25, 0.3) is 0 Å². The van der Waals surface area contributed by atoms with Crippen LogP contribution in [0.3, 0.4) is 0 Å². The highest BCUT2D eigenvalue weighted by molar-refractivity contribution is 8.00. The summed E-state index contributed by atoms with van der Waals surface area (Å²) >= 11 is 1.63. The standard InChI is InChI=1S/C12H17N3OS/c16-11-10(3-1-2-6-13-11)17-12-14-7-8-15(12)9-4-5-9/h7-10H,1-6H2,(H,13,16). The van der Waals surface area contributed by atoms with Gasteiger partial charge in [0.15, 0.2) is 5.16 Å². The number of aromatic nitrogens is 2. The molecule has 17 heavy (non-hydrogen) atoms. The summed E-state index contributed by atoms with van der Waals surface area (Å²) in [7, 11) is 0. The van der Waals surface area contributed by atoms with Crippen molar-refractivity contribution in [1.29, 1.82) is 0 Å². The summed E-state index contributed by atoms with van der Waals surface area (Å²) in [6, 6.07) is 0.633. The second-order valence-electron chi connectivity index (χ2n) is 4.74. The minimum Gasteiger partial charge on any atom is -0.355 e. The normalized spacial score (nSPS) is 25.4. The minimum absolute atomic E-state index is 0.0393. The van der Waals surface area contributed by atoms with Crippen molar-refractivity contribution in [2.45, 2.75) is 48.6 Å². The van der Waals surface area contributed by atoms with E-state index >= 15 is 0 Å². The lowest BCUT2D eigenvalue weighted by atomic mass is 10.2. The molecule has 2 fully saturated rings. The number of hydrogen-bond acceptors (Lipinski definition) is 3. The zero-order valence-electron chi connectivity index (χ0n) is 9.76. The molecule has 5 heteroatoms. The van der Waals surface area contributed by atoms with Gasteiger partial charge in [0.2, 0.25) is 5.91 Å². The number of amides is 1. The van der Waals surface area contributed by atoms with Crippen molar-refractivity contribution in [3.05, 3.63) is 12.4 Å². The molecule has 4 nitrogen and oxygen atoms in total. The zero-order valence-corrected chi connectivity index (χ0v) is 10.6. The van der Waals surface area contributed by atoms with Crippen LogP contribution in [0.1, 0.15) is 38.1 Å². The van der Waals surface area contributed by atoms with E-state index in [2.05, 4.69) is 14.9 Å². The molecule has 92 valence electrons. The summed E-state index contributed by atoms with van der Waals surface area (Å²) in [4.78, 5) is 16.3. The molecule has 2 aliphatic rings. The topological polar surface area (TPSA) is 46.9 Å². The molecule has 1 amide bonds. The number of rotatable bonds is 3. The Kier molecular flexibility index (Phi) is 3.09. The zero-order chi connectivity index (χ0) is 11.7. The van der Waals surface area contributed by atoms with E-state index in [1.807, 2.05) is 12.4 Å². The molecule has 1 N–H and O–H groups in total. The predicted octanol–water partition coefficient (Wildman–Crippen LogP) is 1.98. The number of nitrogens with one attached hydrogen (secondary N) is 1. The van der Waals surface area contributed by atoms with Crippen molar-refractivity contribution in [3.63, 3.8) is 0 Å². The van der Waals surface area contributed by atoms with Crippen LogP contribution in [-0.2, 0) is 4.79 Å².